The topological polar surface area (TPSA) is 71.1 Å². The third-order valence-electron chi connectivity index (χ3n) is 16.3. The Morgan fingerprint density at radius 3 is 0.705 bits per heavy atom. The third kappa shape index (κ3) is 13.1. The predicted molar refractivity (Wildman–Crippen MR) is 371 cm³/mol. The van der Waals surface area contributed by atoms with Crippen molar-refractivity contribution < 1.29 is 28.5 Å². The van der Waals surface area contributed by atoms with Gasteiger partial charge < -0.3 is 18.9 Å². The van der Waals surface area contributed by atoms with Gasteiger partial charge in [-0.1, -0.05) is 246 Å². The van der Waals surface area contributed by atoms with E-state index in [1.54, 1.807) is 0 Å². The number of para-hydroxylation sites is 2. The number of carbonyl (C=O) groups excluding carboxylic acids is 2. The van der Waals surface area contributed by atoms with Crippen LogP contribution in [0.2, 0.25) is 0 Å². The summed E-state index contributed by atoms with van der Waals surface area (Å²) in [4.78, 5) is 32.0. The van der Waals surface area contributed by atoms with Gasteiger partial charge in [0.1, 0.15) is 23.0 Å². The average Bonchev–Trinajstić information content (AvgIpc) is 3.09. The van der Waals surface area contributed by atoms with Crippen molar-refractivity contribution in [3.05, 3.63) is 298 Å². The Morgan fingerprint density at radius 2 is 0.500 bits per heavy atom. The van der Waals surface area contributed by atoms with E-state index in [1.807, 2.05) is 48.0 Å². The molecule has 0 aromatic heterocycles. The Balaban J connectivity index is 1.16. The van der Waals surface area contributed by atoms with Crippen LogP contribution >= 0.6 is 13.8 Å². The highest BCUT2D eigenvalue weighted by Crippen LogP contribution is 2.47. The second-order valence-electron chi connectivity index (χ2n) is 22.6. The molecule has 0 aliphatic heterocycles. The lowest BCUT2D eigenvalue weighted by Crippen LogP contribution is -2.28. The number of Topliss-reactive ketones (excluding diaryl/α,β-unsaturated/α-hetero) is 2. The monoisotopic (exact) mass is 1200 g/mol. The smallest absolute Gasteiger partial charge is 0.186 e. The van der Waals surface area contributed by atoms with Gasteiger partial charge in [0.15, 0.2) is 11.6 Å². The van der Waals surface area contributed by atoms with Gasteiger partial charge in [-0.15, -0.1) is 0 Å². The molecule has 0 fully saturated rings. The largest absolute Gasteiger partial charge is 0.493 e. The molecule has 0 atom stereocenters. The van der Waals surface area contributed by atoms with Crippen LogP contribution in [0.1, 0.15) is 119 Å². The Bertz CT molecular complexity index is 3560. The third-order valence-corrected chi connectivity index (χ3v) is 24.3. The molecule has 0 N–H and O–H groups in total. The van der Waals surface area contributed by atoms with Crippen LogP contribution in [-0.2, 0) is 25.7 Å². The van der Waals surface area contributed by atoms with Crippen LogP contribution < -0.4 is 50.8 Å². The molecule has 0 saturated heterocycles. The molecule has 10 aromatic rings. The maximum absolute atomic E-state index is 16.0. The maximum Gasteiger partial charge on any atom is 0.186 e. The van der Waals surface area contributed by atoms with Crippen LogP contribution in [0.5, 0.6) is 23.0 Å². The lowest BCUT2D eigenvalue weighted by atomic mass is 9.89. The molecule has 0 spiro atoms. The predicted octanol–water partition coefficient (Wildman–Crippen LogP) is 15.5. The van der Waals surface area contributed by atoms with Gasteiger partial charge in [0.05, 0.1) is 26.4 Å². The quantitative estimate of drug-likeness (QED) is 0.0497. The molecule has 1 aliphatic carbocycles. The highest BCUT2D eigenvalue weighted by molar-refractivity contribution is 7.96. The Kier molecular flexibility index (Phi) is 20.0. The van der Waals surface area contributed by atoms with E-state index < -0.39 is 13.8 Å². The fourth-order valence-corrected chi connectivity index (χ4v) is 19.9. The van der Waals surface area contributed by atoms with Crippen molar-refractivity contribution in [1.29, 1.82) is 0 Å². The van der Waals surface area contributed by atoms with Crippen molar-refractivity contribution in [1.82, 2.24) is 0 Å². The summed E-state index contributed by atoms with van der Waals surface area (Å²) in [5.74, 6) is 7.03. The van der Waals surface area contributed by atoms with Crippen LogP contribution in [0.15, 0.2) is 243 Å². The van der Waals surface area contributed by atoms with E-state index >= 15 is 9.59 Å². The summed E-state index contributed by atoms with van der Waals surface area (Å²) in [5.41, 5.74) is 8.60. The Morgan fingerprint density at radius 1 is 0.295 bits per heavy atom. The van der Waals surface area contributed by atoms with Crippen molar-refractivity contribution in [3.8, 4) is 23.0 Å². The molecule has 8 bridgehead atoms. The van der Waals surface area contributed by atoms with Crippen molar-refractivity contribution in [2.45, 2.75) is 79.1 Å². The molecule has 10 aromatic carbocycles. The summed E-state index contributed by atoms with van der Waals surface area (Å²) in [6, 6.07) is 84.3. The van der Waals surface area contributed by atoms with Crippen LogP contribution in [-0.4, -0.2) is 49.6 Å². The van der Waals surface area contributed by atoms with Crippen LogP contribution in [0.3, 0.4) is 0 Å². The van der Waals surface area contributed by atoms with Gasteiger partial charge in [-0.25, -0.2) is 0 Å². The number of ketones is 2. The van der Waals surface area contributed by atoms with E-state index in [0.29, 0.717) is 63.2 Å². The number of rotatable bonds is 22. The first-order valence-corrected chi connectivity index (χ1v) is 34.9. The fraction of sp³-hybridized carbons (Fsp3) is 0.200. The number of benzene rings is 10. The number of carbonyl (C=O) groups is 2. The van der Waals surface area contributed by atoms with E-state index in [4.69, 9.17) is 18.9 Å². The minimum Gasteiger partial charge on any atom is -0.493 e. The van der Waals surface area contributed by atoms with Crippen molar-refractivity contribution in [2.24, 2.45) is 0 Å². The molecular weight excluding hydrogens is 1120 g/mol. The minimum atomic E-state index is -2.70. The molecule has 0 unspecified atom stereocenters. The summed E-state index contributed by atoms with van der Waals surface area (Å²) in [5, 5.41) is 6.57. The Hall–Kier alpha value is -8.66. The minimum absolute atomic E-state index is 0.0624. The number of hydrogen-bond donors (Lipinski definition) is 0. The summed E-state index contributed by atoms with van der Waals surface area (Å²) < 4.78 is 27.9. The SMILES string of the molecule is CCCOc1c2cccc1Cc1cc(C(=O)C=P(c3ccccc3)(c3ccccc3)c3ccccc3)cc(c1OCCC)Cc1cccc(c1OCCC)Cc1cc(C(=O)C=P(c3ccccc3)(c3ccccc3)c3ccccc3)cc(c1OCCC)C2. The molecule has 0 radical (unpaired) electrons. The summed E-state index contributed by atoms with van der Waals surface area (Å²) in [7, 11) is 0. The lowest BCUT2D eigenvalue weighted by Gasteiger charge is -2.28. The molecule has 0 heterocycles. The van der Waals surface area contributed by atoms with Crippen LogP contribution in [0.25, 0.3) is 0 Å². The van der Waals surface area contributed by atoms with Crippen molar-refractivity contribution >= 4 is 68.8 Å². The average molecular weight is 1200 g/mol. The van der Waals surface area contributed by atoms with E-state index in [0.717, 1.165) is 125 Å². The molecule has 0 saturated carbocycles. The van der Waals surface area contributed by atoms with Gasteiger partial charge in [0, 0.05) is 36.8 Å². The molecule has 11 rings (SSSR count). The second-order valence-corrected chi connectivity index (χ2v) is 29.1. The number of hydrogen-bond acceptors (Lipinski definition) is 6. The number of fused-ring (bicyclic) bond motifs is 8. The first-order chi connectivity index (χ1) is 43.3. The van der Waals surface area contributed by atoms with E-state index in [9.17, 15) is 0 Å². The molecule has 88 heavy (non-hydrogen) atoms. The molecule has 1 aliphatic rings. The second kappa shape index (κ2) is 28.9. The Labute approximate surface area is 521 Å². The highest BCUT2D eigenvalue weighted by atomic mass is 31.2. The fourth-order valence-electron chi connectivity index (χ4n) is 12.4. The van der Waals surface area contributed by atoms with Gasteiger partial charge in [0.25, 0.3) is 0 Å². The van der Waals surface area contributed by atoms with Crippen LogP contribution in [0.4, 0.5) is 0 Å². The number of ether oxygens (including phenoxy) is 4. The van der Waals surface area contributed by atoms with Crippen LogP contribution in [0, 0.1) is 0 Å². The standard InChI is InChI=1S/C80H78O6P2/c1-5-45-83-77-59-29-27-30-60(77)50-66-54-64(76(82)58-88(72-39-21-12-22-40-72,73-41-23-13-24-42-73)74-43-25-14-26-44-74)56-68(80(66)86-48-8-4)52-62-32-28-31-61(78(62)84-46-6-2)51-67-55-63(53-65(49-59)79(67)85-47-7-3)75(81)57-87(69-33-15-9-16-34-69,70-35-17-10-18-36-70)71-37-19-11-20-38-71/h9-44,53-58H,5-8,45-52H2,1-4H3. The van der Waals surface area contributed by atoms with Gasteiger partial charge in [-0.2, -0.15) is 0 Å². The van der Waals surface area contributed by atoms with Gasteiger partial charge in [0.2, 0.25) is 0 Å². The molecule has 0 amide bonds. The zero-order valence-electron chi connectivity index (χ0n) is 51.1. The molecule has 6 nitrogen and oxygen atoms in total. The first-order valence-electron chi connectivity index (χ1n) is 31.2. The zero-order valence-corrected chi connectivity index (χ0v) is 52.9. The van der Waals surface area contributed by atoms with E-state index in [2.05, 4.69) is 234 Å². The molecule has 444 valence electrons. The van der Waals surface area contributed by atoms with Crippen molar-refractivity contribution in [2.75, 3.05) is 26.4 Å². The van der Waals surface area contributed by atoms with Crippen molar-refractivity contribution in [3.63, 3.8) is 0 Å². The van der Waals surface area contributed by atoms with Gasteiger partial charge in [-0.3, -0.25) is 9.59 Å². The van der Waals surface area contributed by atoms with E-state index in [-0.39, 0.29) is 11.6 Å². The summed E-state index contributed by atoms with van der Waals surface area (Å²) in [6.45, 7) is 5.06. The molecule has 8 heteroatoms. The first kappa shape index (κ1) is 61.0. The zero-order chi connectivity index (χ0) is 60.7. The maximum atomic E-state index is 16.0. The van der Waals surface area contributed by atoms with Gasteiger partial charge in [-0.05, 0) is 152 Å². The normalized spacial score (nSPS) is 12.1. The summed E-state index contributed by atoms with van der Waals surface area (Å²) >= 11 is 0. The highest BCUT2D eigenvalue weighted by Gasteiger charge is 2.31. The summed E-state index contributed by atoms with van der Waals surface area (Å²) in [6.07, 6.45) is 4.83. The van der Waals surface area contributed by atoms with E-state index in [1.165, 1.54) is 0 Å². The molecular formula is C80H78O6P2. The lowest BCUT2D eigenvalue weighted by molar-refractivity contribution is 0.106. The van der Waals surface area contributed by atoms with Gasteiger partial charge >= 0.3 is 0 Å².